The molecule has 4 nitrogen and oxygen atoms in total. The maximum absolute atomic E-state index is 11.6. The standard InChI is InChI=1S/C21H25NO3/c1-3-22(4-2)13-14-25-19-12-8-9-17(15-19)16-20(21(23)24)18-10-6-5-7-11-18/h5-12,15-16H,3-4,13-14H2,1-2H3,(H,23,24)/b20-16-. The highest BCUT2D eigenvalue weighted by molar-refractivity contribution is 6.20. The van der Waals surface area contributed by atoms with Crippen LogP contribution in [0.1, 0.15) is 25.0 Å². The fourth-order valence-corrected chi connectivity index (χ4v) is 2.58. The lowest BCUT2D eigenvalue weighted by Gasteiger charge is -2.18. The van der Waals surface area contributed by atoms with Gasteiger partial charge in [0.05, 0.1) is 5.57 Å². The minimum Gasteiger partial charge on any atom is -0.492 e. The summed E-state index contributed by atoms with van der Waals surface area (Å²) in [5.74, 6) is -0.197. The summed E-state index contributed by atoms with van der Waals surface area (Å²) in [5.41, 5.74) is 1.75. The second kappa shape index (κ2) is 9.64. The van der Waals surface area contributed by atoms with E-state index in [1.807, 2.05) is 42.5 Å². The van der Waals surface area contributed by atoms with Crippen LogP contribution in [0.3, 0.4) is 0 Å². The molecule has 0 heterocycles. The van der Waals surface area contributed by atoms with Crippen molar-refractivity contribution in [1.29, 1.82) is 0 Å². The molecule has 0 unspecified atom stereocenters. The third-order valence-corrected chi connectivity index (χ3v) is 4.05. The number of ether oxygens (including phenoxy) is 1. The smallest absolute Gasteiger partial charge is 0.336 e. The molecule has 0 aliphatic heterocycles. The predicted molar refractivity (Wildman–Crippen MR) is 102 cm³/mol. The summed E-state index contributed by atoms with van der Waals surface area (Å²) in [7, 11) is 0. The van der Waals surface area contributed by atoms with Crippen molar-refractivity contribution in [1.82, 2.24) is 4.90 Å². The first-order valence-corrected chi connectivity index (χ1v) is 8.59. The Balaban J connectivity index is 2.12. The summed E-state index contributed by atoms with van der Waals surface area (Å²) in [6.45, 7) is 7.75. The quantitative estimate of drug-likeness (QED) is 0.553. The molecule has 0 saturated heterocycles. The maximum atomic E-state index is 11.6. The zero-order chi connectivity index (χ0) is 18.1. The average molecular weight is 339 g/mol. The number of benzene rings is 2. The molecule has 2 aromatic rings. The fraction of sp³-hybridized carbons (Fsp3) is 0.286. The van der Waals surface area contributed by atoms with Gasteiger partial charge in [0.2, 0.25) is 0 Å². The molecule has 0 bridgehead atoms. The van der Waals surface area contributed by atoms with Gasteiger partial charge in [-0.3, -0.25) is 0 Å². The van der Waals surface area contributed by atoms with Gasteiger partial charge < -0.3 is 14.7 Å². The molecule has 132 valence electrons. The Morgan fingerprint density at radius 2 is 1.80 bits per heavy atom. The number of carboxylic acids is 1. The van der Waals surface area contributed by atoms with Crippen LogP contribution in [0.2, 0.25) is 0 Å². The lowest BCUT2D eigenvalue weighted by molar-refractivity contribution is -0.130. The number of hydrogen-bond acceptors (Lipinski definition) is 3. The van der Waals surface area contributed by atoms with Gasteiger partial charge in [0.15, 0.2) is 0 Å². The molecule has 0 radical (unpaired) electrons. The van der Waals surface area contributed by atoms with E-state index in [1.165, 1.54) is 0 Å². The number of likely N-dealkylation sites (N-methyl/N-ethyl adjacent to an activating group) is 1. The van der Waals surface area contributed by atoms with Gasteiger partial charge >= 0.3 is 5.97 Å². The van der Waals surface area contributed by atoms with Crippen LogP contribution in [-0.2, 0) is 4.79 Å². The molecule has 0 aromatic heterocycles. The van der Waals surface area contributed by atoms with Crippen LogP contribution in [0.5, 0.6) is 5.75 Å². The van der Waals surface area contributed by atoms with Crippen molar-refractivity contribution < 1.29 is 14.6 Å². The topological polar surface area (TPSA) is 49.8 Å². The Morgan fingerprint density at radius 1 is 1.08 bits per heavy atom. The van der Waals surface area contributed by atoms with E-state index in [0.29, 0.717) is 12.2 Å². The van der Waals surface area contributed by atoms with Gasteiger partial charge in [-0.25, -0.2) is 4.79 Å². The molecule has 0 aliphatic carbocycles. The van der Waals surface area contributed by atoms with E-state index in [-0.39, 0.29) is 5.57 Å². The first-order chi connectivity index (χ1) is 12.1. The molecule has 25 heavy (non-hydrogen) atoms. The summed E-state index contributed by atoms with van der Waals surface area (Å²) >= 11 is 0. The molecule has 4 heteroatoms. The van der Waals surface area contributed by atoms with Crippen molar-refractivity contribution in [2.75, 3.05) is 26.2 Å². The number of hydrogen-bond donors (Lipinski definition) is 1. The van der Waals surface area contributed by atoms with Crippen LogP contribution in [0, 0.1) is 0 Å². The minimum atomic E-state index is -0.945. The van der Waals surface area contributed by atoms with Crippen molar-refractivity contribution in [3.63, 3.8) is 0 Å². The maximum Gasteiger partial charge on any atom is 0.336 e. The number of carbonyl (C=O) groups is 1. The van der Waals surface area contributed by atoms with E-state index < -0.39 is 5.97 Å². The molecule has 2 rings (SSSR count). The van der Waals surface area contributed by atoms with Crippen LogP contribution in [0.4, 0.5) is 0 Å². The van der Waals surface area contributed by atoms with Crippen molar-refractivity contribution in [3.8, 4) is 5.75 Å². The number of carboxylic acid groups (broad SMARTS) is 1. The van der Waals surface area contributed by atoms with Gasteiger partial charge in [-0.15, -0.1) is 0 Å². The van der Waals surface area contributed by atoms with Crippen LogP contribution >= 0.6 is 0 Å². The number of aliphatic carboxylic acids is 1. The highest BCUT2D eigenvalue weighted by Gasteiger charge is 2.10. The van der Waals surface area contributed by atoms with E-state index >= 15 is 0 Å². The zero-order valence-electron chi connectivity index (χ0n) is 14.8. The molecule has 0 aliphatic rings. The third kappa shape index (κ3) is 5.76. The second-order valence-electron chi connectivity index (χ2n) is 5.68. The van der Waals surface area contributed by atoms with E-state index in [9.17, 15) is 9.90 Å². The normalized spacial score (nSPS) is 11.6. The summed E-state index contributed by atoms with van der Waals surface area (Å²) in [6, 6.07) is 16.6. The number of rotatable bonds is 9. The Hall–Kier alpha value is -2.59. The monoisotopic (exact) mass is 339 g/mol. The molecular weight excluding hydrogens is 314 g/mol. The molecule has 0 atom stereocenters. The third-order valence-electron chi connectivity index (χ3n) is 4.05. The van der Waals surface area contributed by atoms with Gasteiger partial charge in [0, 0.05) is 6.54 Å². The Kier molecular flexibility index (Phi) is 7.23. The Labute approximate surface area is 149 Å². The first-order valence-electron chi connectivity index (χ1n) is 8.59. The van der Waals surface area contributed by atoms with Crippen LogP contribution in [-0.4, -0.2) is 42.2 Å². The van der Waals surface area contributed by atoms with E-state index in [2.05, 4.69) is 18.7 Å². The lowest BCUT2D eigenvalue weighted by atomic mass is 10.0. The average Bonchev–Trinajstić information content (AvgIpc) is 2.64. The van der Waals surface area contributed by atoms with Crippen molar-refractivity contribution >= 4 is 17.6 Å². The van der Waals surface area contributed by atoms with E-state index in [0.717, 1.165) is 30.9 Å². The largest absolute Gasteiger partial charge is 0.492 e. The van der Waals surface area contributed by atoms with Gasteiger partial charge in [-0.2, -0.15) is 0 Å². The zero-order valence-corrected chi connectivity index (χ0v) is 14.8. The Bertz CT molecular complexity index is 706. The highest BCUT2D eigenvalue weighted by atomic mass is 16.5. The van der Waals surface area contributed by atoms with Gasteiger partial charge in [-0.1, -0.05) is 56.3 Å². The molecule has 0 spiro atoms. The Morgan fingerprint density at radius 3 is 2.44 bits per heavy atom. The molecule has 2 aromatic carbocycles. The van der Waals surface area contributed by atoms with Crippen LogP contribution in [0.25, 0.3) is 11.6 Å². The van der Waals surface area contributed by atoms with Crippen molar-refractivity contribution in [3.05, 3.63) is 65.7 Å². The number of nitrogens with zero attached hydrogens (tertiary/aromatic N) is 1. The van der Waals surface area contributed by atoms with Crippen LogP contribution < -0.4 is 4.74 Å². The van der Waals surface area contributed by atoms with Gasteiger partial charge in [0.1, 0.15) is 12.4 Å². The van der Waals surface area contributed by atoms with Crippen molar-refractivity contribution in [2.45, 2.75) is 13.8 Å². The fourth-order valence-electron chi connectivity index (χ4n) is 2.58. The molecule has 0 saturated carbocycles. The van der Waals surface area contributed by atoms with Crippen molar-refractivity contribution in [2.24, 2.45) is 0 Å². The SMILES string of the molecule is CCN(CC)CCOc1cccc(/C=C(\C(=O)O)c2ccccc2)c1. The van der Waals surface area contributed by atoms with Crippen LogP contribution in [0.15, 0.2) is 54.6 Å². The molecule has 0 fully saturated rings. The summed E-state index contributed by atoms with van der Waals surface area (Å²) < 4.78 is 5.81. The lowest BCUT2D eigenvalue weighted by Crippen LogP contribution is -2.27. The van der Waals surface area contributed by atoms with Gasteiger partial charge in [0.25, 0.3) is 0 Å². The first kappa shape index (κ1) is 18.7. The molecule has 0 amide bonds. The van der Waals surface area contributed by atoms with E-state index in [4.69, 9.17) is 4.74 Å². The summed E-state index contributed by atoms with van der Waals surface area (Å²) in [4.78, 5) is 13.9. The van der Waals surface area contributed by atoms with E-state index in [1.54, 1.807) is 18.2 Å². The molecule has 1 N–H and O–H groups in total. The second-order valence-corrected chi connectivity index (χ2v) is 5.68. The predicted octanol–water partition coefficient (Wildman–Crippen LogP) is 4.03. The summed E-state index contributed by atoms with van der Waals surface area (Å²) in [5, 5.41) is 9.51. The summed E-state index contributed by atoms with van der Waals surface area (Å²) in [6.07, 6.45) is 1.68. The highest BCUT2D eigenvalue weighted by Crippen LogP contribution is 2.21. The minimum absolute atomic E-state index is 0.265. The van der Waals surface area contributed by atoms with Gasteiger partial charge in [-0.05, 0) is 42.4 Å². The molecular formula is C21H25NO3.